The molecule has 4 heteroatoms. The van der Waals surface area contributed by atoms with Crippen LogP contribution in [0.1, 0.15) is 20.8 Å². The maximum Gasteiger partial charge on any atom is 0.336 e. The standard InChI is InChI=1S/C13H17NO3/c1-10(15)14(4)13(2,3)12(16)17-11-8-6-5-7-9-11/h5-9H,1-4H3. The van der Waals surface area contributed by atoms with Gasteiger partial charge < -0.3 is 9.64 Å². The molecule has 1 aromatic carbocycles. The van der Waals surface area contributed by atoms with Crippen molar-refractivity contribution in [1.82, 2.24) is 4.90 Å². The highest BCUT2D eigenvalue weighted by atomic mass is 16.5. The average molecular weight is 235 g/mol. The number of esters is 1. The number of amides is 1. The van der Waals surface area contributed by atoms with Crippen molar-refractivity contribution in [3.63, 3.8) is 0 Å². The Morgan fingerprint density at radius 2 is 1.71 bits per heavy atom. The highest BCUT2D eigenvalue weighted by Gasteiger charge is 2.35. The summed E-state index contributed by atoms with van der Waals surface area (Å²) in [5.41, 5.74) is -0.984. The topological polar surface area (TPSA) is 46.6 Å². The molecule has 0 heterocycles. The molecule has 0 fully saturated rings. The lowest BCUT2D eigenvalue weighted by Crippen LogP contribution is -2.51. The Hall–Kier alpha value is -1.84. The number of carbonyl (C=O) groups is 2. The SMILES string of the molecule is CC(=O)N(C)C(C)(C)C(=O)Oc1ccccc1. The van der Waals surface area contributed by atoms with Gasteiger partial charge in [-0.15, -0.1) is 0 Å². The van der Waals surface area contributed by atoms with Gasteiger partial charge in [0.2, 0.25) is 5.91 Å². The van der Waals surface area contributed by atoms with Gasteiger partial charge in [-0.05, 0) is 26.0 Å². The molecule has 4 nitrogen and oxygen atoms in total. The molecule has 0 saturated carbocycles. The second-order valence-corrected chi connectivity index (χ2v) is 4.34. The third-order valence-electron chi connectivity index (χ3n) is 2.76. The average Bonchev–Trinajstić information content (AvgIpc) is 2.29. The summed E-state index contributed by atoms with van der Waals surface area (Å²) in [6.45, 7) is 4.72. The molecule has 92 valence electrons. The van der Waals surface area contributed by atoms with Gasteiger partial charge in [-0.1, -0.05) is 18.2 Å². The van der Waals surface area contributed by atoms with Crippen molar-refractivity contribution in [2.75, 3.05) is 7.05 Å². The molecule has 0 bridgehead atoms. The Balaban J connectivity index is 2.80. The largest absolute Gasteiger partial charge is 0.425 e. The lowest BCUT2D eigenvalue weighted by Gasteiger charge is -2.32. The second kappa shape index (κ2) is 4.99. The van der Waals surface area contributed by atoms with Crippen molar-refractivity contribution < 1.29 is 14.3 Å². The molecule has 0 aliphatic rings. The summed E-state index contributed by atoms with van der Waals surface area (Å²) in [7, 11) is 1.58. The Kier molecular flexibility index (Phi) is 3.89. The van der Waals surface area contributed by atoms with Crippen LogP contribution in [0.4, 0.5) is 0 Å². The number of benzene rings is 1. The summed E-state index contributed by atoms with van der Waals surface area (Å²) >= 11 is 0. The number of carbonyl (C=O) groups excluding carboxylic acids is 2. The van der Waals surface area contributed by atoms with Crippen LogP contribution in [0, 0.1) is 0 Å². The zero-order valence-corrected chi connectivity index (χ0v) is 10.6. The molecule has 0 atom stereocenters. The van der Waals surface area contributed by atoms with Crippen LogP contribution in [0.25, 0.3) is 0 Å². The molecule has 0 radical (unpaired) electrons. The van der Waals surface area contributed by atoms with E-state index in [2.05, 4.69) is 0 Å². The van der Waals surface area contributed by atoms with E-state index >= 15 is 0 Å². The van der Waals surface area contributed by atoms with Crippen LogP contribution in [0.2, 0.25) is 0 Å². The van der Waals surface area contributed by atoms with Crippen molar-refractivity contribution in [1.29, 1.82) is 0 Å². The number of nitrogens with zero attached hydrogens (tertiary/aromatic N) is 1. The van der Waals surface area contributed by atoms with Gasteiger partial charge in [0.1, 0.15) is 11.3 Å². The highest BCUT2D eigenvalue weighted by molar-refractivity contribution is 5.87. The number of likely N-dealkylation sites (N-methyl/N-ethyl adjacent to an activating group) is 1. The molecular weight excluding hydrogens is 218 g/mol. The van der Waals surface area contributed by atoms with Gasteiger partial charge >= 0.3 is 5.97 Å². The smallest absolute Gasteiger partial charge is 0.336 e. The van der Waals surface area contributed by atoms with E-state index < -0.39 is 11.5 Å². The Morgan fingerprint density at radius 3 is 2.18 bits per heavy atom. The molecule has 1 amide bonds. The van der Waals surface area contributed by atoms with Crippen LogP contribution in [-0.2, 0) is 9.59 Å². The lowest BCUT2D eigenvalue weighted by atomic mass is 10.0. The predicted molar refractivity (Wildman–Crippen MR) is 64.6 cm³/mol. The van der Waals surface area contributed by atoms with E-state index in [4.69, 9.17) is 4.74 Å². The van der Waals surface area contributed by atoms with E-state index in [1.807, 2.05) is 6.07 Å². The summed E-state index contributed by atoms with van der Waals surface area (Å²) < 4.78 is 5.22. The van der Waals surface area contributed by atoms with Gasteiger partial charge in [0, 0.05) is 14.0 Å². The fourth-order valence-corrected chi connectivity index (χ4v) is 1.25. The van der Waals surface area contributed by atoms with Gasteiger partial charge in [0.05, 0.1) is 0 Å². The molecule has 1 rings (SSSR count). The Labute approximate surface area is 101 Å². The Bertz CT molecular complexity index is 412. The van der Waals surface area contributed by atoms with Crippen LogP contribution in [0.3, 0.4) is 0 Å². The molecule has 0 aliphatic heterocycles. The van der Waals surface area contributed by atoms with Crippen molar-refractivity contribution in [2.45, 2.75) is 26.3 Å². The fraction of sp³-hybridized carbons (Fsp3) is 0.385. The molecule has 0 aliphatic carbocycles. The molecule has 1 aromatic rings. The normalized spacial score (nSPS) is 10.8. The van der Waals surface area contributed by atoms with Gasteiger partial charge in [-0.2, -0.15) is 0 Å². The molecule has 0 spiro atoms. The number of para-hydroxylation sites is 1. The zero-order valence-electron chi connectivity index (χ0n) is 10.6. The van der Waals surface area contributed by atoms with Crippen molar-refractivity contribution >= 4 is 11.9 Å². The molecule has 0 N–H and O–H groups in total. The maximum atomic E-state index is 12.0. The van der Waals surface area contributed by atoms with Crippen LogP contribution < -0.4 is 4.74 Å². The third kappa shape index (κ3) is 3.06. The van der Waals surface area contributed by atoms with E-state index in [1.165, 1.54) is 11.8 Å². The first-order valence-electron chi connectivity index (χ1n) is 5.37. The summed E-state index contributed by atoms with van der Waals surface area (Å²) in [6.07, 6.45) is 0. The second-order valence-electron chi connectivity index (χ2n) is 4.34. The number of ether oxygens (including phenoxy) is 1. The summed E-state index contributed by atoms with van der Waals surface area (Å²) in [6, 6.07) is 8.79. The van der Waals surface area contributed by atoms with E-state index in [-0.39, 0.29) is 5.91 Å². The van der Waals surface area contributed by atoms with Gasteiger partial charge in [0.25, 0.3) is 0 Å². The van der Waals surface area contributed by atoms with Crippen molar-refractivity contribution in [3.05, 3.63) is 30.3 Å². The molecule has 0 aromatic heterocycles. The monoisotopic (exact) mass is 235 g/mol. The number of hydrogen-bond acceptors (Lipinski definition) is 3. The minimum absolute atomic E-state index is 0.181. The van der Waals surface area contributed by atoms with Crippen LogP contribution in [0.15, 0.2) is 30.3 Å². The predicted octanol–water partition coefficient (Wildman–Crippen LogP) is 1.85. The summed E-state index contributed by atoms with van der Waals surface area (Å²) in [4.78, 5) is 24.6. The first-order valence-corrected chi connectivity index (χ1v) is 5.37. The van der Waals surface area contributed by atoms with Crippen LogP contribution in [0.5, 0.6) is 5.75 Å². The molecular formula is C13H17NO3. The van der Waals surface area contributed by atoms with Gasteiger partial charge in [-0.3, -0.25) is 4.79 Å². The minimum atomic E-state index is -0.984. The lowest BCUT2D eigenvalue weighted by molar-refractivity contribution is -0.152. The summed E-state index contributed by atoms with van der Waals surface area (Å²) in [5.74, 6) is -0.163. The molecule has 0 saturated heterocycles. The van der Waals surface area contributed by atoms with E-state index in [9.17, 15) is 9.59 Å². The third-order valence-corrected chi connectivity index (χ3v) is 2.76. The van der Waals surface area contributed by atoms with Crippen LogP contribution in [-0.4, -0.2) is 29.4 Å². The fourth-order valence-electron chi connectivity index (χ4n) is 1.25. The first-order chi connectivity index (χ1) is 7.85. The number of hydrogen-bond donors (Lipinski definition) is 0. The summed E-state index contributed by atoms with van der Waals surface area (Å²) in [5, 5.41) is 0. The van der Waals surface area contributed by atoms with E-state index in [0.29, 0.717) is 5.75 Å². The highest BCUT2D eigenvalue weighted by Crippen LogP contribution is 2.17. The van der Waals surface area contributed by atoms with Crippen molar-refractivity contribution in [2.24, 2.45) is 0 Å². The van der Waals surface area contributed by atoms with Gasteiger partial charge in [0.15, 0.2) is 0 Å². The zero-order chi connectivity index (χ0) is 13.1. The quantitative estimate of drug-likeness (QED) is 0.593. The number of rotatable bonds is 3. The molecule has 17 heavy (non-hydrogen) atoms. The van der Waals surface area contributed by atoms with Gasteiger partial charge in [-0.25, -0.2) is 4.79 Å². The van der Waals surface area contributed by atoms with E-state index in [1.54, 1.807) is 45.2 Å². The first kappa shape index (κ1) is 13.2. The van der Waals surface area contributed by atoms with Crippen molar-refractivity contribution in [3.8, 4) is 5.75 Å². The van der Waals surface area contributed by atoms with Crippen LogP contribution >= 0.6 is 0 Å². The molecule has 0 unspecified atom stereocenters. The maximum absolute atomic E-state index is 12.0. The Morgan fingerprint density at radius 1 is 1.18 bits per heavy atom. The minimum Gasteiger partial charge on any atom is -0.425 e. The van der Waals surface area contributed by atoms with E-state index in [0.717, 1.165) is 0 Å².